The van der Waals surface area contributed by atoms with Gasteiger partial charge in [0.2, 0.25) is 0 Å². The second-order valence-corrected chi connectivity index (χ2v) is 14.1. The maximum Gasteiger partial charge on any atom is 0.276 e. The number of carbonyl (C=O) groups excluding carboxylic acids is 2. The summed E-state index contributed by atoms with van der Waals surface area (Å²) in [5.41, 5.74) is 2.09. The van der Waals surface area contributed by atoms with E-state index in [4.69, 9.17) is 0 Å². The standard InChI is InChI=1S/C27H22N4O4S4/c32-24(17-5-2-1-3-6-17)19-8-9-22-20(15-19)29-27(38-22)30-25(33)21-16-37-26(28-21)18-10-12-31(13-11-18)39(34,35)23-7-4-14-36-23/h1-9,14-16,18H,10-13H2,(H,29,30,33). The number of rotatable bonds is 7. The molecule has 1 aliphatic heterocycles. The van der Waals surface area contributed by atoms with Gasteiger partial charge in [-0.25, -0.2) is 18.4 Å². The average molecular weight is 595 g/mol. The predicted molar refractivity (Wildman–Crippen MR) is 155 cm³/mol. The van der Waals surface area contributed by atoms with Gasteiger partial charge in [-0.15, -0.1) is 22.7 Å². The number of aromatic nitrogens is 2. The summed E-state index contributed by atoms with van der Waals surface area (Å²) < 4.78 is 28.3. The molecule has 0 aliphatic carbocycles. The van der Waals surface area contributed by atoms with E-state index in [0.29, 0.717) is 57.6 Å². The fourth-order valence-corrected chi connectivity index (χ4v) is 8.93. The van der Waals surface area contributed by atoms with Gasteiger partial charge >= 0.3 is 0 Å². The summed E-state index contributed by atoms with van der Waals surface area (Å²) >= 11 is 3.98. The number of benzene rings is 2. The Balaban J connectivity index is 1.10. The normalized spacial score (nSPS) is 15.0. The first-order chi connectivity index (χ1) is 18.9. The van der Waals surface area contributed by atoms with Gasteiger partial charge < -0.3 is 0 Å². The first kappa shape index (κ1) is 26.0. The molecule has 0 saturated carbocycles. The zero-order valence-corrected chi connectivity index (χ0v) is 23.7. The van der Waals surface area contributed by atoms with E-state index in [1.165, 1.54) is 38.3 Å². The maximum atomic E-state index is 12.9. The highest BCUT2D eigenvalue weighted by atomic mass is 32.2. The number of nitrogens with one attached hydrogen (secondary N) is 1. The van der Waals surface area contributed by atoms with Gasteiger partial charge in [-0.1, -0.05) is 47.7 Å². The van der Waals surface area contributed by atoms with E-state index in [-0.39, 0.29) is 17.6 Å². The topological polar surface area (TPSA) is 109 Å². The number of fused-ring (bicyclic) bond motifs is 1. The minimum Gasteiger partial charge on any atom is -0.296 e. The van der Waals surface area contributed by atoms with Crippen LogP contribution >= 0.6 is 34.0 Å². The monoisotopic (exact) mass is 594 g/mol. The molecule has 1 aliphatic rings. The summed E-state index contributed by atoms with van der Waals surface area (Å²) in [5, 5.41) is 7.58. The number of ketones is 1. The van der Waals surface area contributed by atoms with Gasteiger partial charge in [0.15, 0.2) is 10.9 Å². The molecule has 1 fully saturated rings. The molecule has 4 heterocycles. The lowest BCUT2D eigenvalue weighted by Gasteiger charge is -2.29. The predicted octanol–water partition coefficient (Wildman–Crippen LogP) is 5.87. The van der Waals surface area contributed by atoms with Crippen molar-refractivity contribution in [3.63, 3.8) is 0 Å². The minimum absolute atomic E-state index is 0.0824. The molecule has 3 aromatic heterocycles. The molecule has 0 bridgehead atoms. The van der Waals surface area contributed by atoms with Crippen LogP contribution in [0.1, 0.15) is 50.2 Å². The maximum absolute atomic E-state index is 12.9. The van der Waals surface area contributed by atoms with Crippen molar-refractivity contribution in [2.24, 2.45) is 0 Å². The molecule has 39 heavy (non-hydrogen) atoms. The van der Waals surface area contributed by atoms with E-state index in [1.54, 1.807) is 47.2 Å². The molecule has 5 aromatic rings. The van der Waals surface area contributed by atoms with Crippen LogP contribution in [0.15, 0.2) is 75.6 Å². The van der Waals surface area contributed by atoms with Crippen molar-refractivity contribution < 1.29 is 18.0 Å². The van der Waals surface area contributed by atoms with Gasteiger partial charge in [-0.05, 0) is 42.5 Å². The van der Waals surface area contributed by atoms with Crippen molar-refractivity contribution in [1.82, 2.24) is 14.3 Å². The van der Waals surface area contributed by atoms with Gasteiger partial charge in [0.05, 0.1) is 15.2 Å². The first-order valence-electron chi connectivity index (χ1n) is 12.2. The average Bonchev–Trinajstić information content (AvgIpc) is 3.74. The van der Waals surface area contributed by atoms with E-state index in [2.05, 4.69) is 15.3 Å². The molecule has 6 rings (SSSR count). The van der Waals surface area contributed by atoms with Gasteiger partial charge in [0, 0.05) is 35.5 Å². The van der Waals surface area contributed by atoms with Crippen LogP contribution in [0.2, 0.25) is 0 Å². The second-order valence-electron chi connectivity index (χ2n) is 9.03. The van der Waals surface area contributed by atoms with E-state index in [0.717, 1.165) is 9.71 Å². The van der Waals surface area contributed by atoms with Gasteiger partial charge in [0.1, 0.15) is 9.90 Å². The summed E-state index contributed by atoms with van der Waals surface area (Å²) in [7, 11) is -3.45. The fraction of sp³-hybridized carbons (Fsp3) is 0.185. The van der Waals surface area contributed by atoms with Crippen LogP contribution in [0.25, 0.3) is 10.2 Å². The van der Waals surface area contributed by atoms with E-state index in [1.807, 2.05) is 24.3 Å². The number of hydrogen-bond donors (Lipinski definition) is 1. The van der Waals surface area contributed by atoms with Crippen molar-refractivity contribution in [3.05, 3.63) is 93.3 Å². The summed E-state index contributed by atoms with van der Waals surface area (Å²) in [6.45, 7) is 0.846. The Morgan fingerprint density at radius 2 is 1.72 bits per heavy atom. The number of amides is 1. The minimum atomic E-state index is -3.45. The lowest BCUT2D eigenvalue weighted by Crippen LogP contribution is -2.37. The van der Waals surface area contributed by atoms with E-state index in [9.17, 15) is 18.0 Å². The van der Waals surface area contributed by atoms with Crippen LogP contribution in [0.5, 0.6) is 0 Å². The van der Waals surface area contributed by atoms with Crippen molar-refractivity contribution >= 4 is 71.1 Å². The highest BCUT2D eigenvalue weighted by Gasteiger charge is 2.32. The van der Waals surface area contributed by atoms with Crippen LogP contribution < -0.4 is 5.32 Å². The Labute approximate surface area is 237 Å². The fourth-order valence-electron chi connectivity index (χ4n) is 4.50. The number of thiophene rings is 1. The molecule has 0 unspecified atom stereocenters. The summed E-state index contributed by atoms with van der Waals surface area (Å²) in [6, 6.07) is 17.8. The van der Waals surface area contributed by atoms with Crippen molar-refractivity contribution in [2.45, 2.75) is 23.0 Å². The zero-order chi connectivity index (χ0) is 27.0. The highest BCUT2D eigenvalue weighted by molar-refractivity contribution is 7.91. The SMILES string of the molecule is O=C(c1ccccc1)c1ccc2sc(NC(=O)c3csc(C4CCN(S(=O)(=O)c5cccs5)CC4)n3)nc2c1. The molecule has 1 saturated heterocycles. The third-order valence-electron chi connectivity index (χ3n) is 6.55. The molecule has 1 amide bonds. The number of hydrogen-bond acceptors (Lipinski definition) is 9. The number of nitrogens with zero attached hydrogens (tertiary/aromatic N) is 3. The van der Waals surface area contributed by atoms with Crippen molar-refractivity contribution in [3.8, 4) is 0 Å². The van der Waals surface area contributed by atoms with Gasteiger partial charge in [0.25, 0.3) is 15.9 Å². The Bertz CT molecular complexity index is 1750. The molecule has 1 N–H and O–H groups in total. The third-order valence-corrected chi connectivity index (χ3v) is 11.8. The van der Waals surface area contributed by atoms with Crippen LogP contribution in [0.3, 0.4) is 0 Å². The summed E-state index contributed by atoms with van der Waals surface area (Å²) in [6.07, 6.45) is 1.31. The number of anilines is 1. The molecular formula is C27H22N4O4S4. The third kappa shape index (κ3) is 5.30. The molecule has 0 atom stereocenters. The largest absolute Gasteiger partial charge is 0.296 e. The first-order valence-corrected chi connectivity index (χ1v) is 16.2. The van der Waals surface area contributed by atoms with Gasteiger partial charge in [-0.3, -0.25) is 14.9 Å². The number of piperidine rings is 1. The number of thiazole rings is 2. The van der Waals surface area contributed by atoms with E-state index < -0.39 is 10.0 Å². The van der Waals surface area contributed by atoms with E-state index >= 15 is 0 Å². The second kappa shape index (κ2) is 10.7. The molecule has 2 aromatic carbocycles. The van der Waals surface area contributed by atoms with Crippen molar-refractivity contribution in [1.29, 1.82) is 0 Å². The Morgan fingerprint density at radius 1 is 0.923 bits per heavy atom. The van der Waals surface area contributed by atoms with Crippen molar-refractivity contribution in [2.75, 3.05) is 18.4 Å². The molecule has 0 spiro atoms. The Hall–Kier alpha value is -3.29. The number of carbonyl (C=O) groups is 2. The van der Waals surface area contributed by atoms with Crippen LogP contribution in [-0.4, -0.2) is 47.5 Å². The zero-order valence-electron chi connectivity index (χ0n) is 20.4. The summed E-state index contributed by atoms with van der Waals surface area (Å²) in [4.78, 5) is 34.8. The lowest BCUT2D eigenvalue weighted by molar-refractivity contribution is 0.101. The van der Waals surface area contributed by atoms with Crippen LogP contribution in [-0.2, 0) is 10.0 Å². The lowest BCUT2D eigenvalue weighted by atomic mass is 9.99. The molecular weight excluding hydrogens is 573 g/mol. The molecule has 198 valence electrons. The Kier molecular flexibility index (Phi) is 7.12. The summed E-state index contributed by atoms with van der Waals surface area (Å²) in [5.74, 6) is -0.328. The number of sulfonamides is 1. The highest BCUT2D eigenvalue weighted by Crippen LogP contribution is 2.34. The van der Waals surface area contributed by atoms with Crippen LogP contribution in [0.4, 0.5) is 5.13 Å². The molecule has 0 radical (unpaired) electrons. The van der Waals surface area contributed by atoms with Gasteiger partial charge in [-0.2, -0.15) is 4.31 Å². The van der Waals surface area contributed by atoms with Crippen LogP contribution in [0, 0.1) is 0 Å². The molecule has 8 nitrogen and oxygen atoms in total. The molecule has 12 heteroatoms. The smallest absolute Gasteiger partial charge is 0.276 e. The Morgan fingerprint density at radius 3 is 2.46 bits per heavy atom. The quantitative estimate of drug-likeness (QED) is 0.236.